The van der Waals surface area contributed by atoms with Gasteiger partial charge in [-0.1, -0.05) is 6.92 Å². The molecule has 2 rings (SSSR count). The molecule has 2 heterocycles. The highest BCUT2D eigenvalue weighted by Gasteiger charge is 2.28. The number of carbonyl (C=O) groups excluding carboxylic acids is 1. The first-order valence-electron chi connectivity index (χ1n) is 7.29. The molecule has 2 aromatic heterocycles. The Morgan fingerprint density at radius 1 is 1.35 bits per heavy atom. The lowest BCUT2D eigenvalue weighted by atomic mass is 10.1. The van der Waals surface area contributed by atoms with E-state index in [0.717, 1.165) is 0 Å². The van der Waals surface area contributed by atoms with Crippen LogP contribution in [0.5, 0.6) is 5.75 Å². The van der Waals surface area contributed by atoms with Crippen molar-refractivity contribution in [2.45, 2.75) is 32.7 Å². The Morgan fingerprint density at radius 2 is 2.04 bits per heavy atom. The van der Waals surface area contributed by atoms with Gasteiger partial charge in [-0.25, -0.2) is 9.78 Å². The van der Waals surface area contributed by atoms with Crippen molar-refractivity contribution >= 4 is 17.3 Å². The average Bonchev–Trinajstić information content (AvgIpc) is 2.53. The van der Waals surface area contributed by atoms with Gasteiger partial charge in [-0.05, 0) is 20.3 Å². The average molecular weight is 319 g/mol. The molecule has 0 spiro atoms. The first-order chi connectivity index (χ1) is 10.8. The summed E-state index contributed by atoms with van der Waals surface area (Å²) in [6.45, 7) is 5.31. The molecule has 0 radical (unpaired) electrons. The highest BCUT2D eigenvalue weighted by Crippen LogP contribution is 2.24. The molecule has 0 saturated carbocycles. The SMILES string of the molecule is CCc1cc(=O)n2cc(NC(C)(C)C(=O)OC)cc(OC)c2n1. The highest BCUT2D eigenvalue weighted by atomic mass is 16.5. The van der Waals surface area contributed by atoms with Crippen molar-refractivity contribution in [3.63, 3.8) is 0 Å². The number of anilines is 1. The first-order valence-corrected chi connectivity index (χ1v) is 7.29. The maximum absolute atomic E-state index is 12.3. The Kier molecular flexibility index (Phi) is 4.58. The molecule has 0 bridgehead atoms. The van der Waals surface area contributed by atoms with Gasteiger partial charge in [0.15, 0.2) is 11.4 Å². The van der Waals surface area contributed by atoms with E-state index in [-0.39, 0.29) is 5.56 Å². The molecule has 7 nitrogen and oxygen atoms in total. The van der Waals surface area contributed by atoms with E-state index in [4.69, 9.17) is 9.47 Å². The van der Waals surface area contributed by atoms with Crippen molar-refractivity contribution in [3.05, 3.63) is 34.4 Å². The number of hydrogen-bond donors (Lipinski definition) is 1. The molecule has 0 aromatic carbocycles. The molecule has 0 aliphatic carbocycles. The molecule has 0 aliphatic rings. The summed E-state index contributed by atoms with van der Waals surface area (Å²) >= 11 is 0. The second-order valence-electron chi connectivity index (χ2n) is 5.67. The van der Waals surface area contributed by atoms with Crippen molar-refractivity contribution in [1.82, 2.24) is 9.38 Å². The third-order valence-electron chi connectivity index (χ3n) is 3.52. The molecule has 0 aliphatic heterocycles. The van der Waals surface area contributed by atoms with Gasteiger partial charge in [0.2, 0.25) is 0 Å². The predicted molar refractivity (Wildman–Crippen MR) is 87.1 cm³/mol. The van der Waals surface area contributed by atoms with Crippen LogP contribution in [0.3, 0.4) is 0 Å². The number of methoxy groups -OCH3 is 2. The third-order valence-corrected chi connectivity index (χ3v) is 3.52. The number of aromatic nitrogens is 2. The lowest BCUT2D eigenvalue weighted by molar-refractivity contribution is -0.144. The summed E-state index contributed by atoms with van der Waals surface area (Å²) in [5.74, 6) is 0.0337. The number of rotatable bonds is 5. The van der Waals surface area contributed by atoms with Crippen molar-refractivity contribution in [2.24, 2.45) is 0 Å². The molecule has 0 amide bonds. The molecule has 0 unspecified atom stereocenters. The number of nitrogens with zero attached hydrogens (tertiary/aromatic N) is 2. The Morgan fingerprint density at radius 3 is 2.61 bits per heavy atom. The van der Waals surface area contributed by atoms with E-state index in [1.165, 1.54) is 24.7 Å². The molecular formula is C16H21N3O4. The second kappa shape index (κ2) is 6.28. The van der Waals surface area contributed by atoms with Gasteiger partial charge in [0, 0.05) is 24.0 Å². The van der Waals surface area contributed by atoms with Crippen LogP contribution in [0, 0.1) is 0 Å². The van der Waals surface area contributed by atoms with Gasteiger partial charge in [0.05, 0.1) is 19.9 Å². The Hall–Kier alpha value is -2.57. The fourth-order valence-electron chi connectivity index (χ4n) is 2.29. The van der Waals surface area contributed by atoms with Crippen LogP contribution < -0.4 is 15.6 Å². The topological polar surface area (TPSA) is 81.9 Å². The van der Waals surface area contributed by atoms with Gasteiger partial charge < -0.3 is 14.8 Å². The van der Waals surface area contributed by atoms with Gasteiger partial charge in [-0.2, -0.15) is 0 Å². The maximum Gasteiger partial charge on any atom is 0.330 e. The van der Waals surface area contributed by atoms with Gasteiger partial charge in [0.25, 0.3) is 5.56 Å². The number of carbonyl (C=O) groups is 1. The van der Waals surface area contributed by atoms with Crippen LogP contribution in [0.1, 0.15) is 26.5 Å². The Balaban J connectivity index is 2.58. The van der Waals surface area contributed by atoms with Gasteiger partial charge >= 0.3 is 5.97 Å². The van der Waals surface area contributed by atoms with Crippen molar-refractivity contribution in [3.8, 4) is 5.75 Å². The van der Waals surface area contributed by atoms with Crippen LogP contribution in [0.2, 0.25) is 0 Å². The largest absolute Gasteiger partial charge is 0.493 e. The predicted octanol–water partition coefficient (Wildman–Crippen LogP) is 1.63. The quantitative estimate of drug-likeness (QED) is 0.844. The number of fused-ring (bicyclic) bond motifs is 1. The van der Waals surface area contributed by atoms with Crippen molar-refractivity contribution < 1.29 is 14.3 Å². The van der Waals surface area contributed by atoms with Crippen molar-refractivity contribution in [1.29, 1.82) is 0 Å². The smallest absolute Gasteiger partial charge is 0.330 e. The summed E-state index contributed by atoms with van der Waals surface area (Å²) in [7, 11) is 2.84. The minimum absolute atomic E-state index is 0.204. The van der Waals surface area contributed by atoms with Crippen LogP contribution in [0.4, 0.5) is 5.69 Å². The molecule has 1 N–H and O–H groups in total. The van der Waals surface area contributed by atoms with Crippen LogP contribution >= 0.6 is 0 Å². The van der Waals surface area contributed by atoms with Gasteiger partial charge in [0.1, 0.15) is 5.54 Å². The number of nitrogens with one attached hydrogen (secondary N) is 1. The fraction of sp³-hybridized carbons (Fsp3) is 0.438. The molecule has 23 heavy (non-hydrogen) atoms. The van der Waals surface area contributed by atoms with E-state index in [2.05, 4.69) is 10.3 Å². The lowest BCUT2D eigenvalue weighted by Gasteiger charge is -2.24. The summed E-state index contributed by atoms with van der Waals surface area (Å²) in [5.41, 5.74) is 0.540. The zero-order valence-electron chi connectivity index (χ0n) is 14.0. The molecule has 0 saturated heterocycles. The zero-order chi connectivity index (χ0) is 17.2. The summed E-state index contributed by atoms with van der Waals surface area (Å²) in [4.78, 5) is 28.5. The Labute approximate surface area is 134 Å². The number of ether oxygens (including phenoxy) is 2. The van der Waals surface area contributed by atoms with Gasteiger partial charge in [-0.15, -0.1) is 0 Å². The van der Waals surface area contributed by atoms with Crippen LogP contribution in [0.15, 0.2) is 23.1 Å². The number of esters is 1. The monoisotopic (exact) mass is 319 g/mol. The minimum Gasteiger partial charge on any atom is -0.493 e. The fourth-order valence-corrected chi connectivity index (χ4v) is 2.29. The lowest BCUT2D eigenvalue weighted by Crippen LogP contribution is -2.41. The summed E-state index contributed by atoms with van der Waals surface area (Å²) in [6.07, 6.45) is 2.25. The second-order valence-corrected chi connectivity index (χ2v) is 5.67. The van der Waals surface area contributed by atoms with Crippen LogP contribution in [-0.2, 0) is 16.0 Å². The summed E-state index contributed by atoms with van der Waals surface area (Å²) < 4.78 is 11.5. The van der Waals surface area contributed by atoms with E-state index in [9.17, 15) is 9.59 Å². The summed E-state index contributed by atoms with van der Waals surface area (Å²) in [6, 6.07) is 3.19. The minimum atomic E-state index is -0.951. The molecular weight excluding hydrogens is 298 g/mol. The third kappa shape index (κ3) is 3.28. The molecule has 124 valence electrons. The van der Waals surface area contributed by atoms with E-state index >= 15 is 0 Å². The van der Waals surface area contributed by atoms with E-state index < -0.39 is 11.5 Å². The maximum atomic E-state index is 12.3. The zero-order valence-corrected chi connectivity index (χ0v) is 14.0. The van der Waals surface area contributed by atoms with Crippen LogP contribution in [-0.4, -0.2) is 35.1 Å². The molecule has 7 heteroatoms. The summed E-state index contributed by atoms with van der Waals surface area (Å²) in [5, 5.41) is 3.05. The highest BCUT2D eigenvalue weighted by molar-refractivity contribution is 5.83. The van der Waals surface area contributed by atoms with E-state index in [0.29, 0.717) is 29.2 Å². The first kappa shape index (κ1) is 16.8. The van der Waals surface area contributed by atoms with E-state index in [1.54, 1.807) is 26.1 Å². The van der Waals surface area contributed by atoms with E-state index in [1.807, 2.05) is 6.92 Å². The number of hydrogen-bond acceptors (Lipinski definition) is 6. The van der Waals surface area contributed by atoms with Gasteiger partial charge in [-0.3, -0.25) is 9.20 Å². The number of aryl methyl sites for hydroxylation is 1. The standard InChI is InChI=1S/C16H21N3O4/c1-6-10-8-13(20)19-9-11(7-12(22-4)14(19)17-10)18-16(2,3)15(21)23-5/h7-9,18H,6H2,1-5H3. The molecule has 0 atom stereocenters. The van der Waals surface area contributed by atoms with Crippen molar-refractivity contribution in [2.75, 3.05) is 19.5 Å². The molecule has 0 fully saturated rings. The normalized spacial score (nSPS) is 11.3. The van der Waals surface area contributed by atoms with Crippen LogP contribution in [0.25, 0.3) is 5.65 Å². The number of pyridine rings is 1. The molecule has 2 aromatic rings. The Bertz CT molecular complexity index is 796.